The third kappa shape index (κ3) is 11.9. The van der Waals surface area contributed by atoms with Crippen molar-refractivity contribution in [3.63, 3.8) is 0 Å². The highest BCUT2D eigenvalue weighted by atomic mass is 16.2. The van der Waals surface area contributed by atoms with Gasteiger partial charge in [-0.1, -0.05) is 65.2 Å². The van der Waals surface area contributed by atoms with Crippen LogP contribution < -0.4 is 0 Å². The van der Waals surface area contributed by atoms with Gasteiger partial charge in [0.1, 0.15) is 0 Å². The number of hydrogen-bond acceptors (Lipinski definition) is 1. The Hall–Kier alpha value is -0.0400. The van der Waals surface area contributed by atoms with Crippen LogP contribution in [0.5, 0.6) is 0 Å². The maximum absolute atomic E-state index is 8.71. The van der Waals surface area contributed by atoms with Crippen LogP contribution in [-0.4, -0.2) is 11.7 Å². The monoisotopic (exact) mass is 214 g/mol. The minimum Gasteiger partial charge on any atom is -0.396 e. The highest BCUT2D eigenvalue weighted by Gasteiger charge is 2.00. The average molecular weight is 214 g/mol. The van der Waals surface area contributed by atoms with Crippen molar-refractivity contribution in [1.29, 1.82) is 0 Å². The van der Waals surface area contributed by atoms with Gasteiger partial charge in [0, 0.05) is 6.61 Å². The molecule has 0 heterocycles. The van der Waals surface area contributed by atoms with Crippen LogP contribution >= 0.6 is 0 Å². The smallest absolute Gasteiger partial charge is 0.0431 e. The second kappa shape index (κ2) is 12.0. The van der Waals surface area contributed by atoms with Crippen molar-refractivity contribution in [1.82, 2.24) is 0 Å². The molecule has 0 aromatic heterocycles. The molecule has 1 heteroatoms. The standard InChI is InChI=1S/C14H30O/c1-3-4-5-6-7-8-9-11-14(2)12-10-13-15/h14-15H,3-13H2,1-2H3/t14-/m0/s1. The van der Waals surface area contributed by atoms with Crippen LogP contribution in [0.25, 0.3) is 0 Å². The van der Waals surface area contributed by atoms with E-state index in [2.05, 4.69) is 13.8 Å². The Kier molecular flexibility index (Phi) is 12.0. The lowest BCUT2D eigenvalue weighted by Crippen LogP contribution is -1.96. The molecule has 0 aromatic carbocycles. The molecule has 0 fully saturated rings. The molecule has 15 heavy (non-hydrogen) atoms. The summed E-state index contributed by atoms with van der Waals surface area (Å²) in [6, 6.07) is 0. The Bertz CT molecular complexity index is 112. The van der Waals surface area contributed by atoms with Gasteiger partial charge in [-0.3, -0.25) is 0 Å². The topological polar surface area (TPSA) is 20.2 Å². The van der Waals surface area contributed by atoms with Gasteiger partial charge < -0.3 is 5.11 Å². The molecule has 0 aliphatic rings. The molecule has 0 unspecified atom stereocenters. The van der Waals surface area contributed by atoms with Crippen LogP contribution in [0.2, 0.25) is 0 Å². The normalized spacial score (nSPS) is 13.0. The molecule has 0 saturated heterocycles. The van der Waals surface area contributed by atoms with Crippen LogP contribution in [0, 0.1) is 5.92 Å². The van der Waals surface area contributed by atoms with E-state index in [-0.39, 0.29) is 0 Å². The van der Waals surface area contributed by atoms with Crippen LogP contribution in [0.4, 0.5) is 0 Å². The van der Waals surface area contributed by atoms with E-state index >= 15 is 0 Å². The first-order valence-electron chi connectivity index (χ1n) is 6.92. The van der Waals surface area contributed by atoms with Gasteiger partial charge in [-0.05, 0) is 18.8 Å². The van der Waals surface area contributed by atoms with Crippen molar-refractivity contribution in [2.24, 2.45) is 5.92 Å². The van der Waals surface area contributed by atoms with Crippen LogP contribution in [0.1, 0.15) is 78.1 Å². The number of aliphatic hydroxyl groups excluding tert-OH is 1. The van der Waals surface area contributed by atoms with Crippen LogP contribution in [-0.2, 0) is 0 Å². The molecule has 92 valence electrons. The zero-order chi connectivity index (χ0) is 11.4. The lowest BCUT2D eigenvalue weighted by atomic mass is 9.98. The fourth-order valence-corrected chi connectivity index (χ4v) is 2.03. The predicted molar refractivity (Wildman–Crippen MR) is 68.1 cm³/mol. The number of aliphatic hydroxyl groups is 1. The third-order valence-corrected chi connectivity index (χ3v) is 3.16. The van der Waals surface area contributed by atoms with Gasteiger partial charge in [0.2, 0.25) is 0 Å². The maximum atomic E-state index is 8.71. The van der Waals surface area contributed by atoms with Crippen molar-refractivity contribution in [2.75, 3.05) is 6.61 Å². The minimum absolute atomic E-state index is 0.362. The molecule has 0 saturated carbocycles. The lowest BCUT2D eigenvalue weighted by molar-refractivity contribution is 0.270. The summed E-state index contributed by atoms with van der Waals surface area (Å²) in [5.74, 6) is 0.813. The van der Waals surface area contributed by atoms with Gasteiger partial charge in [-0.2, -0.15) is 0 Å². The molecule has 0 aromatic rings. The first-order chi connectivity index (χ1) is 7.31. The SMILES string of the molecule is CCCCCCCCC[C@H](C)CCCO. The fraction of sp³-hybridized carbons (Fsp3) is 1.00. The van der Waals surface area contributed by atoms with E-state index in [0.717, 1.165) is 12.3 Å². The van der Waals surface area contributed by atoms with E-state index in [4.69, 9.17) is 5.11 Å². The number of hydrogen-bond donors (Lipinski definition) is 1. The Morgan fingerprint density at radius 1 is 0.800 bits per heavy atom. The van der Waals surface area contributed by atoms with E-state index < -0.39 is 0 Å². The summed E-state index contributed by atoms with van der Waals surface area (Å²) in [4.78, 5) is 0. The van der Waals surface area contributed by atoms with Crippen molar-refractivity contribution >= 4 is 0 Å². The molecule has 1 nitrogen and oxygen atoms in total. The maximum Gasteiger partial charge on any atom is 0.0431 e. The van der Waals surface area contributed by atoms with E-state index in [9.17, 15) is 0 Å². The van der Waals surface area contributed by atoms with Gasteiger partial charge in [-0.15, -0.1) is 0 Å². The van der Waals surface area contributed by atoms with E-state index in [1.54, 1.807) is 0 Å². The molecule has 0 rings (SSSR count). The zero-order valence-electron chi connectivity index (χ0n) is 10.8. The Morgan fingerprint density at radius 3 is 1.93 bits per heavy atom. The van der Waals surface area contributed by atoms with Crippen molar-refractivity contribution in [2.45, 2.75) is 78.1 Å². The average Bonchev–Trinajstić information content (AvgIpc) is 2.25. The fourth-order valence-electron chi connectivity index (χ4n) is 2.03. The number of rotatable bonds is 11. The van der Waals surface area contributed by atoms with Gasteiger partial charge in [0.05, 0.1) is 0 Å². The van der Waals surface area contributed by atoms with Gasteiger partial charge >= 0.3 is 0 Å². The molecular weight excluding hydrogens is 184 g/mol. The quantitative estimate of drug-likeness (QED) is 0.501. The summed E-state index contributed by atoms with van der Waals surface area (Å²) in [6.45, 7) is 4.94. The van der Waals surface area contributed by atoms with Crippen LogP contribution in [0.3, 0.4) is 0 Å². The summed E-state index contributed by atoms with van der Waals surface area (Å²) in [7, 11) is 0. The first-order valence-corrected chi connectivity index (χ1v) is 6.92. The second-order valence-electron chi connectivity index (χ2n) is 4.88. The summed E-state index contributed by atoms with van der Waals surface area (Å²) in [5, 5.41) is 8.71. The van der Waals surface area contributed by atoms with Crippen molar-refractivity contribution < 1.29 is 5.11 Å². The number of unbranched alkanes of at least 4 members (excludes halogenated alkanes) is 6. The molecule has 0 bridgehead atoms. The van der Waals surface area contributed by atoms with Crippen molar-refractivity contribution in [3.8, 4) is 0 Å². The molecular formula is C14H30O. The zero-order valence-corrected chi connectivity index (χ0v) is 10.8. The summed E-state index contributed by atoms with van der Waals surface area (Å²) in [5.41, 5.74) is 0. The molecule has 0 amide bonds. The molecule has 0 aliphatic carbocycles. The third-order valence-electron chi connectivity index (χ3n) is 3.16. The lowest BCUT2D eigenvalue weighted by Gasteiger charge is -2.09. The van der Waals surface area contributed by atoms with E-state index in [1.807, 2.05) is 0 Å². The molecule has 1 N–H and O–H groups in total. The molecule has 0 spiro atoms. The van der Waals surface area contributed by atoms with Gasteiger partial charge in [-0.25, -0.2) is 0 Å². The Balaban J connectivity index is 3.02. The summed E-state index contributed by atoms with van der Waals surface area (Å²) < 4.78 is 0. The van der Waals surface area contributed by atoms with Gasteiger partial charge in [0.25, 0.3) is 0 Å². The largest absolute Gasteiger partial charge is 0.396 e. The molecule has 0 radical (unpaired) electrons. The predicted octanol–water partition coefficient (Wildman–Crippen LogP) is 4.54. The van der Waals surface area contributed by atoms with Crippen molar-refractivity contribution in [3.05, 3.63) is 0 Å². The first kappa shape index (κ1) is 15.0. The second-order valence-corrected chi connectivity index (χ2v) is 4.88. The minimum atomic E-state index is 0.362. The summed E-state index contributed by atoms with van der Waals surface area (Å²) >= 11 is 0. The molecule has 0 aliphatic heterocycles. The van der Waals surface area contributed by atoms with Crippen LogP contribution in [0.15, 0.2) is 0 Å². The summed E-state index contributed by atoms with van der Waals surface area (Å²) in [6.07, 6.45) is 13.4. The van der Waals surface area contributed by atoms with Gasteiger partial charge in [0.15, 0.2) is 0 Å². The highest BCUT2D eigenvalue weighted by Crippen LogP contribution is 2.15. The van der Waals surface area contributed by atoms with E-state index in [0.29, 0.717) is 6.61 Å². The Labute approximate surface area is 96.3 Å². The Morgan fingerprint density at radius 2 is 1.33 bits per heavy atom. The van der Waals surface area contributed by atoms with E-state index in [1.165, 1.54) is 57.8 Å². The highest BCUT2D eigenvalue weighted by molar-refractivity contribution is 4.54. The molecule has 1 atom stereocenters.